The predicted molar refractivity (Wildman–Crippen MR) is 59.9 cm³/mol. The molecule has 0 aromatic carbocycles. The van der Waals surface area contributed by atoms with Gasteiger partial charge in [0.2, 0.25) is 0 Å². The molecule has 0 spiro atoms. The number of nitrogen functional groups attached to an aromatic ring is 1. The molecule has 6 heteroatoms. The van der Waals surface area contributed by atoms with Crippen LogP contribution < -0.4 is 11.3 Å². The second-order valence-electron chi connectivity index (χ2n) is 3.57. The van der Waals surface area contributed by atoms with Gasteiger partial charge in [0, 0.05) is 24.5 Å². The molecule has 0 radical (unpaired) electrons. The summed E-state index contributed by atoms with van der Waals surface area (Å²) in [5.74, 6) is 0.481. The van der Waals surface area contributed by atoms with Gasteiger partial charge in [-0.1, -0.05) is 0 Å². The van der Waals surface area contributed by atoms with Gasteiger partial charge in [-0.25, -0.2) is 4.98 Å². The molecule has 0 aliphatic rings. The summed E-state index contributed by atoms with van der Waals surface area (Å²) in [6.07, 6.45) is 3.33. The summed E-state index contributed by atoms with van der Waals surface area (Å²) in [6.45, 7) is 2.93. The summed E-state index contributed by atoms with van der Waals surface area (Å²) in [5.41, 5.74) is 6.16. The van der Waals surface area contributed by atoms with E-state index in [1.165, 1.54) is 6.07 Å². The maximum Gasteiger partial charge on any atom is 0.253 e. The third kappa shape index (κ3) is 2.28. The average Bonchev–Trinajstić information content (AvgIpc) is 2.63. The van der Waals surface area contributed by atoms with Gasteiger partial charge in [0.25, 0.3) is 5.56 Å². The monoisotopic (exact) mass is 219 g/mol. The molecule has 0 aliphatic heterocycles. The molecule has 0 atom stereocenters. The van der Waals surface area contributed by atoms with Crippen molar-refractivity contribution in [1.82, 2.24) is 19.3 Å². The molecule has 0 fully saturated rings. The Labute approximate surface area is 92.3 Å². The van der Waals surface area contributed by atoms with E-state index in [1.807, 2.05) is 0 Å². The highest BCUT2D eigenvalue weighted by Gasteiger charge is 1.98. The summed E-state index contributed by atoms with van der Waals surface area (Å²) in [6, 6.07) is 3.23. The zero-order valence-corrected chi connectivity index (χ0v) is 9.00. The Balaban J connectivity index is 2.07. The molecule has 0 bridgehead atoms. The summed E-state index contributed by atoms with van der Waals surface area (Å²) < 4.78 is 3.24. The van der Waals surface area contributed by atoms with Gasteiger partial charge in [0.15, 0.2) is 0 Å². The first kappa shape index (κ1) is 10.4. The minimum Gasteiger partial charge on any atom is -0.382 e. The molecule has 2 aromatic rings. The molecule has 0 saturated carbocycles. The molecule has 0 unspecified atom stereocenters. The van der Waals surface area contributed by atoms with E-state index >= 15 is 0 Å². The number of hydrogen-bond donors (Lipinski definition) is 1. The van der Waals surface area contributed by atoms with Crippen LogP contribution in [0.5, 0.6) is 0 Å². The Morgan fingerprint density at radius 3 is 2.88 bits per heavy atom. The lowest BCUT2D eigenvalue weighted by Gasteiger charge is -2.05. The van der Waals surface area contributed by atoms with Crippen molar-refractivity contribution < 1.29 is 0 Å². The number of anilines is 1. The summed E-state index contributed by atoms with van der Waals surface area (Å²) in [5, 5.41) is 4.03. The molecule has 2 heterocycles. The number of aromatic nitrogens is 4. The van der Waals surface area contributed by atoms with Crippen LogP contribution in [0.15, 0.2) is 29.5 Å². The number of nitrogens with zero attached hydrogens (tertiary/aromatic N) is 4. The van der Waals surface area contributed by atoms with E-state index in [2.05, 4.69) is 10.1 Å². The molecule has 2 N–H and O–H groups in total. The second-order valence-corrected chi connectivity index (χ2v) is 3.57. The van der Waals surface area contributed by atoms with E-state index in [1.54, 1.807) is 34.8 Å². The van der Waals surface area contributed by atoms with E-state index in [0.717, 1.165) is 5.69 Å². The molecule has 0 aliphatic carbocycles. The fraction of sp³-hybridized carbons (Fsp3) is 0.300. The number of nitrogens with two attached hydrogens (primary N) is 1. The zero-order chi connectivity index (χ0) is 11.5. The van der Waals surface area contributed by atoms with Crippen LogP contribution in [-0.2, 0) is 13.1 Å². The van der Waals surface area contributed by atoms with Crippen molar-refractivity contribution >= 4 is 5.82 Å². The van der Waals surface area contributed by atoms with Crippen molar-refractivity contribution in [2.75, 3.05) is 5.73 Å². The Kier molecular flexibility index (Phi) is 2.72. The largest absolute Gasteiger partial charge is 0.382 e. The zero-order valence-electron chi connectivity index (χ0n) is 9.00. The molecule has 0 amide bonds. The van der Waals surface area contributed by atoms with Crippen molar-refractivity contribution in [2.24, 2.45) is 0 Å². The third-order valence-electron chi connectivity index (χ3n) is 2.25. The predicted octanol–water partition coefficient (Wildman–Crippen LogP) is 0.0306. The molecule has 84 valence electrons. The Hall–Kier alpha value is -2.11. The fourth-order valence-electron chi connectivity index (χ4n) is 1.40. The summed E-state index contributed by atoms with van der Waals surface area (Å²) in [7, 11) is 0. The first-order chi connectivity index (χ1) is 7.65. The third-order valence-corrected chi connectivity index (χ3v) is 2.25. The van der Waals surface area contributed by atoms with Crippen molar-refractivity contribution in [1.29, 1.82) is 0 Å². The van der Waals surface area contributed by atoms with Crippen molar-refractivity contribution in [3.05, 3.63) is 40.7 Å². The van der Waals surface area contributed by atoms with Crippen molar-refractivity contribution in [2.45, 2.75) is 20.0 Å². The van der Waals surface area contributed by atoms with E-state index in [9.17, 15) is 4.79 Å². The van der Waals surface area contributed by atoms with Crippen molar-refractivity contribution in [3.63, 3.8) is 0 Å². The van der Waals surface area contributed by atoms with Crippen LogP contribution in [0.4, 0.5) is 5.82 Å². The van der Waals surface area contributed by atoms with Crippen LogP contribution in [0.1, 0.15) is 5.69 Å². The van der Waals surface area contributed by atoms with E-state index < -0.39 is 0 Å². The van der Waals surface area contributed by atoms with E-state index in [4.69, 9.17) is 5.73 Å². The lowest BCUT2D eigenvalue weighted by Crippen LogP contribution is -2.22. The molecule has 6 nitrogen and oxygen atoms in total. The van der Waals surface area contributed by atoms with Gasteiger partial charge in [-0.3, -0.25) is 14.0 Å². The van der Waals surface area contributed by atoms with Crippen LogP contribution in [0.25, 0.3) is 0 Å². The van der Waals surface area contributed by atoms with Crippen LogP contribution >= 0.6 is 0 Å². The van der Waals surface area contributed by atoms with Gasteiger partial charge < -0.3 is 5.73 Å². The van der Waals surface area contributed by atoms with Gasteiger partial charge in [-0.05, 0) is 13.0 Å². The first-order valence-corrected chi connectivity index (χ1v) is 4.97. The summed E-state index contributed by atoms with van der Waals surface area (Å²) in [4.78, 5) is 15.6. The Morgan fingerprint density at radius 2 is 2.25 bits per heavy atom. The highest BCUT2D eigenvalue weighted by molar-refractivity contribution is 5.23. The van der Waals surface area contributed by atoms with E-state index in [-0.39, 0.29) is 5.56 Å². The summed E-state index contributed by atoms with van der Waals surface area (Å²) >= 11 is 0. The smallest absolute Gasteiger partial charge is 0.253 e. The molecule has 16 heavy (non-hydrogen) atoms. The quantitative estimate of drug-likeness (QED) is 0.790. The average molecular weight is 219 g/mol. The van der Waals surface area contributed by atoms with Crippen LogP contribution in [0.2, 0.25) is 0 Å². The van der Waals surface area contributed by atoms with E-state index in [0.29, 0.717) is 18.9 Å². The maximum absolute atomic E-state index is 11.5. The molecule has 0 saturated heterocycles. The van der Waals surface area contributed by atoms with Crippen LogP contribution in [-0.4, -0.2) is 19.3 Å². The maximum atomic E-state index is 11.5. The van der Waals surface area contributed by atoms with Gasteiger partial charge in [-0.15, -0.1) is 0 Å². The number of hydrogen-bond acceptors (Lipinski definition) is 4. The SMILES string of the molecule is Cc1cc(=O)n(CCn2ccc(N)n2)cn1. The minimum atomic E-state index is -0.0485. The number of rotatable bonds is 3. The Bertz CT molecular complexity index is 542. The highest BCUT2D eigenvalue weighted by Crippen LogP contribution is 1.96. The first-order valence-electron chi connectivity index (χ1n) is 4.97. The lowest BCUT2D eigenvalue weighted by molar-refractivity contribution is 0.519. The Morgan fingerprint density at radius 1 is 1.44 bits per heavy atom. The molecular weight excluding hydrogens is 206 g/mol. The fourth-order valence-corrected chi connectivity index (χ4v) is 1.40. The topological polar surface area (TPSA) is 78.7 Å². The molecule has 2 rings (SSSR count). The molecular formula is C10H13N5O. The minimum absolute atomic E-state index is 0.0485. The number of aryl methyl sites for hydroxylation is 3. The van der Waals surface area contributed by atoms with Gasteiger partial charge in [0.05, 0.1) is 12.9 Å². The van der Waals surface area contributed by atoms with Gasteiger partial charge >= 0.3 is 0 Å². The van der Waals surface area contributed by atoms with Gasteiger partial charge in [0.1, 0.15) is 5.82 Å². The highest BCUT2D eigenvalue weighted by atomic mass is 16.1. The van der Waals surface area contributed by atoms with Crippen LogP contribution in [0.3, 0.4) is 0 Å². The van der Waals surface area contributed by atoms with Crippen molar-refractivity contribution in [3.8, 4) is 0 Å². The molecule has 2 aromatic heterocycles. The van der Waals surface area contributed by atoms with Crippen LogP contribution in [0, 0.1) is 6.92 Å². The normalized spacial score (nSPS) is 10.6. The lowest BCUT2D eigenvalue weighted by atomic mass is 10.4. The van der Waals surface area contributed by atoms with Gasteiger partial charge in [-0.2, -0.15) is 5.10 Å². The second kappa shape index (κ2) is 4.18. The standard InChI is InChI=1S/C10H13N5O/c1-8-6-10(16)14(7-12-8)4-5-15-3-2-9(11)13-15/h2-3,6-7H,4-5H2,1H3,(H2,11,13).